The molecule has 1 saturated heterocycles. The predicted molar refractivity (Wildman–Crippen MR) is 122 cm³/mol. The monoisotopic (exact) mass is 474 g/mol. The molecule has 2 amide bonds. The molecule has 0 saturated carbocycles. The number of Topliss-reactive ketones (excluding diaryl/α,β-unsaturated/α-hetero) is 1. The number of ketones is 1. The summed E-state index contributed by atoms with van der Waals surface area (Å²) in [4.78, 5) is 53.0. The Morgan fingerprint density at radius 3 is 2.24 bits per heavy atom. The number of amidine groups is 1. The molecule has 2 N–H and O–H groups in total. The van der Waals surface area contributed by atoms with E-state index >= 15 is 0 Å². The highest BCUT2D eigenvalue weighted by atomic mass is 16.5. The Bertz CT molecular complexity index is 904. The molecule has 1 aliphatic rings. The van der Waals surface area contributed by atoms with Gasteiger partial charge in [0.15, 0.2) is 5.78 Å². The SMILES string of the molecule is CC(C)COC(=O)/N=C(\N)c1ccc(C(=O)C(C)CC(=O)N2CCC(OCC(=O)[O-])CC2)cc1. The molecule has 1 fully saturated rings. The number of aliphatic carboxylic acids is 1. The Morgan fingerprint density at radius 1 is 1.09 bits per heavy atom. The lowest BCUT2D eigenvalue weighted by Crippen LogP contribution is -2.42. The minimum absolute atomic E-state index is 0.0111. The number of carboxylic acid groups (broad SMARTS) is 1. The van der Waals surface area contributed by atoms with Crippen LogP contribution in [0.5, 0.6) is 0 Å². The van der Waals surface area contributed by atoms with Gasteiger partial charge in [0, 0.05) is 36.6 Å². The van der Waals surface area contributed by atoms with E-state index in [0.717, 1.165) is 0 Å². The lowest BCUT2D eigenvalue weighted by atomic mass is 9.94. The summed E-state index contributed by atoms with van der Waals surface area (Å²) < 4.78 is 10.2. The standard InChI is InChI=1S/C24H33N3O7/c1-15(2)13-34-24(32)26-23(25)18-6-4-17(5-7-18)22(31)16(3)12-20(28)27-10-8-19(9-11-27)33-14-21(29)30/h4-7,15-16,19H,8-14H2,1-3H3,(H,29,30)(H2,25,26,32)/p-1. The number of ether oxygens (including phenoxy) is 2. The number of aliphatic imine (C=N–C) groups is 1. The molecular weight excluding hydrogens is 442 g/mol. The van der Waals surface area contributed by atoms with E-state index in [1.807, 2.05) is 13.8 Å². The molecule has 1 aromatic carbocycles. The number of rotatable bonds is 10. The summed E-state index contributed by atoms with van der Waals surface area (Å²) in [6.07, 6.45) is 0.157. The molecule has 0 spiro atoms. The van der Waals surface area contributed by atoms with E-state index in [0.29, 0.717) is 37.1 Å². The lowest BCUT2D eigenvalue weighted by molar-refractivity contribution is -0.310. The number of carboxylic acids is 1. The van der Waals surface area contributed by atoms with E-state index in [1.54, 1.807) is 36.1 Å². The van der Waals surface area contributed by atoms with Crippen molar-refractivity contribution < 1.29 is 33.8 Å². The van der Waals surface area contributed by atoms with Crippen LogP contribution in [0.4, 0.5) is 4.79 Å². The quantitative estimate of drug-likeness (QED) is 0.301. The zero-order valence-electron chi connectivity index (χ0n) is 19.8. The molecule has 1 aliphatic heterocycles. The zero-order chi connectivity index (χ0) is 25.3. The second-order valence-corrected chi connectivity index (χ2v) is 8.78. The van der Waals surface area contributed by atoms with E-state index in [1.165, 1.54) is 0 Å². The van der Waals surface area contributed by atoms with E-state index in [9.17, 15) is 24.3 Å². The van der Waals surface area contributed by atoms with Gasteiger partial charge in [0.25, 0.3) is 0 Å². The maximum Gasteiger partial charge on any atom is 0.435 e. The molecule has 1 aromatic rings. The first-order valence-corrected chi connectivity index (χ1v) is 11.3. The summed E-state index contributed by atoms with van der Waals surface area (Å²) in [5.41, 5.74) is 6.76. The number of amides is 2. The molecule has 1 atom stereocenters. The highest BCUT2D eigenvalue weighted by Crippen LogP contribution is 2.18. The number of piperidine rings is 1. The van der Waals surface area contributed by atoms with Gasteiger partial charge in [-0.3, -0.25) is 9.59 Å². The van der Waals surface area contributed by atoms with Crippen molar-refractivity contribution in [3.8, 4) is 0 Å². The van der Waals surface area contributed by atoms with Gasteiger partial charge < -0.3 is 30.0 Å². The average Bonchev–Trinajstić information content (AvgIpc) is 2.81. The molecule has 34 heavy (non-hydrogen) atoms. The Labute approximate surface area is 199 Å². The average molecular weight is 475 g/mol. The van der Waals surface area contributed by atoms with E-state index in [-0.39, 0.29) is 42.6 Å². The second kappa shape index (κ2) is 12.8. The van der Waals surface area contributed by atoms with Crippen LogP contribution in [0, 0.1) is 11.8 Å². The molecule has 0 aliphatic carbocycles. The van der Waals surface area contributed by atoms with Crippen LogP contribution in [-0.4, -0.2) is 66.9 Å². The van der Waals surface area contributed by atoms with Gasteiger partial charge in [-0.15, -0.1) is 0 Å². The first-order chi connectivity index (χ1) is 16.1. The van der Waals surface area contributed by atoms with Gasteiger partial charge in [-0.1, -0.05) is 45.0 Å². The Balaban J connectivity index is 1.86. The highest BCUT2D eigenvalue weighted by Gasteiger charge is 2.26. The Morgan fingerprint density at radius 2 is 1.68 bits per heavy atom. The molecule has 0 bridgehead atoms. The van der Waals surface area contributed by atoms with E-state index in [2.05, 4.69) is 4.99 Å². The first kappa shape index (κ1) is 27.0. The minimum atomic E-state index is -1.27. The number of hydrogen-bond acceptors (Lipinski definition) is 7. The Hall–Kier alpha value is -3.27. The molecule has 1 unspecified atom stereocenters. The van der Waals surface area contributed by atoms with Gasteiger partial charge >= 0.3 is 6.09 Å². The largest absolute Gasteiger partial charge is 0.548 e. The van der Waals surface area contributed by atoms with Gasteiger partial charge in [0.05, 0.1) is 25.3 Å². The highest BCUT2D eigenvalue weighted by molar-refractivity contribution is 6.04. The first-order valence-electron chi connectivity index (χ1n) is 11.3. The van der Waals surface area contributed by atoms with Crippen LogP contribution in [-0.2, 0) is 19.1 Å². The topological polar surface area (TPSA) is 151 Å². The van der Waals surface area contributed by atoms with Gasteiger partial charge in [-0.05, 0) is 18.8 Å². The molecule has 1 heterocycles. The lowest BCUT2D eigenvalue weighted by Gasteiger charge is -2.32. The van der Waals surface area contributed by atoms with Crippen molar-refractivity contribution in [3.63, 3.8) is 0 Å². The van der Waals surface area contributed by atoms with Crippen LogP contribution in [0.2, 0.25) is 0 Å². The molecule has 2 rings (SSSR count). The number of hydrogen-bond donors (Lipinski definition) is 1. The number of benzene rings is 1. The van der Waals surface area contributed by atoms with Crippen LogP contribution >= 0.6 is 0 Å². The fourth-order valence-electron chi connectivity index (χ4n) is 3.46. The molecular formula is C24H32N3O7-. The van der Waals surface area contributed by atoms with Crippen LogP contribution in [0.1, 0.15) is 56.0 Å². The third-order valence-corrected chi connectivity index (χ3v) is 5.38. The van der Waals surface area contributed by atoms with E-state index < -0.39 is 24.6 Å². The third kappa shape index (κ3) is 8.58. The predicted octanol–water partition coefficient (Wildman–Crippen LogP) is 1.15. The third-order valence-electron chi connectivity index (χ3n) is 5.38. The molecule has 0 radical (unpaired) electrons. The zero-order valence-corrected chi connectivity index (χ0v) is 19.8. The summed E-state index contributed by atoms with van der Waals surface area (Å²) in [7, 11) is 0. The molecule has 10 heteroatoms. The number of carbonyl (C=O) groups is 4. The summed E-state index contributed by atoms with van der Waals surface area (Å²) >= 11 is 0. The number of carbonyl (C=O) groups excluding carboxylic acids is 4. The summed E-state index contributed by atoms with van der Waals surface area (Å²) in [5, 5.41) is 10.5. The normalized spacial score (nSPS) is 15.8. The molecule has 10 nitrogen and oxygen atoms in total. The van der Waals surface area contributed by atoms with Crippen LogP contribution in [0.25, 0.3) is 0 Å². The molecule has 0 aromatic heterocycles. The van der Waals surface area contributed by atoms with Crippen LogP contribution in [0.15, 0.2) is 29.3 Å². The summed E-state index contributed by atoms with van der Waals surface area (Å²) in [5.74, 6) is -1.93. The fraction of sp³-hybridized carbons (Fsp3) is 0.542. The van der Waals surface area contributed by atoms with Crippen molar-refractivity contribution >= 4 is 29.6 Å². The fourth-order valence-corrected chi connectivity index (χ4v) is 3.46. The van der Waals surface area contributed by atoms with Crippen molar-refractivity contribution in [1.29, 1.82) is 0 Å². The Kier molecular flexibility index (Phi) is 10.2. The van der Waals surface area contributed by atoms with Gasteiger partial charge in [0.1, 0.15) is 5.84 Å². The van der Waals surface area contributed by atoms with Gasteiger partial charge in [-0.25, -0.2) is 4.79 Å². The van der Waals surface area contributed by atoms with Crippen molar-refractivity contribution in [1.82, 2.24) is 4.90 Å². The number of nitrogens with two attached hydrogens (primary N) is 1. The summed E-state index contributed by atoms with van der Waals surface area (Å²) in [6.45, 7) is 6.20. The number of nitrogens with zero attached hydrogens (tertiary/aromatic N) is 2. The van der Waals surface area contributed by atoms with Crippen molar-refractivity contribution in [2.45, 2.75) is 46.1 Å². The maximum atomic E-state index is 12.8. The smallest absolute Gasteiger partial charge is 0.435 e. The second-order valence-electron chi connectivity index (χ2n) is 8.78. The minimum Gasteiger partial charge on any atom is -0.548 e. The van der Waals surface area contributed by atoms with Crippen molar-refractivity contribution in [2.24, 2.45) is 22.6 Å². The van der Waals surface area contributed by atoms with Crippen LogP contribution < -0.4 is 10.8 Å². The number of likely N-dealkylation sites (tertiary alicyclic amines) is 1. The van der Waals surface area contributed by atoms with Crippen molar-refractivity contribution in [3.05, 3.63) is 35.4 Å². The summed E-state index contributed by atoms with van der Waals surface area (Å²) in [6, 6.07) is 6.35. The maximum absolute atomic E-state index is 12.8. The van der Waals surface area contributed by atoms with Crippen LogP contribution in [0.3, 0.4) is 0 Å². The van der Waals surface area contributed by atoms with E-state index in [4.69, 9.17) is 15.2 Å². The van der Waals surface area contributed by atoms with Gasteiger partial charge in [0.2, 0.25) is 5.91 Å². The molecule has 186 valence electrons. The van der Waals surface area contributed by atoms with Crippen molar-refractivity contribution in [2.75, 3.05) is 26.3 Å². The van der Waals surface area contributed by atoms with Gasteiger partial charge in [-0.2, -0.15) is 4.99 Å².